The highest BCUT2D eigenvalue weighted by Gasteiger charge is 2.20. The Morgan fingerprint density at radius 2 is 2.04 bits per heavy atom. The molecule has 0 aliphatic carbocycles. The zero-order chi connectivity index (χ0) is 18.0. The van der Waals surface area contributed by atoms with Crippen molar-refractivity contribution in [3.63, 3.8) is 0 Å². The summed E-state index contributed by atoms with van der Waals surface area (Å²) in [6.07, 6.45) is 1.31. The highest BCUT2D eigenvalue weighted by molar-refractivity contribution is 6.30. The maximum atomic E-state index is 12.6. The van der Waals surface area contributed by atoms with Crippen LogP contribution in [0.5, 0.6) is 0 Å². The second kappa shape index (κ2) is 7.02. The zero-order valence-corrected chi connectivity index (χ0v) is 14.5. The molecule has 2 heterocycles. The Hall–Kier alpha value is -2.74. The first-order chi connectivity index (χ1) is 12.0. The lowest BCUT2D eigenvalue weighted by Gasteiger charge is -2.12. The third-order valence-electron chi connectivity index (χ3n) is 3.74. The lowest BCUT2D eigenvalue weighted by atomic mass is 10.2. The van der Waals surface area contributed by atoms with Crippen molar-refractivity contribution >= 4 is 28.7 Å². The van der Waals surface area contributed by atoms with E-state index < -0.39 is 17.6 Å². The lowest BCUT2D eigenvalue weighted by molar-refractivity contribution is -0.146. The van der Waals surface area contributed by atoms with Crippen LogP contribution in [0.2, 0.25) is 5.02 Å². The molecule has 1 atom stereocenters. The minimum atomic E-state index is -0.786. The average molecular weight is 362 g/mol. The van der Waals surface area contributed by atoms with Crippen LogP contribution in [0.4, 0.5) is 0 Å². The van der Waals surface area contributed by atoms with Gasteiger partial charge in [0.1, 0.15) is 12.4 Å². The number of ether oxygens (including phenoxy) is 1. The first-order valence-electron chi connectivity index (χ1n) is 7.72. The monoisotopic (exact) mass is 361 g/mol. The standard InChI is InChI=1S/C16H16ClN5O3/c1-3-25-16(24)10(2)21-9-18-14-13(15(21)23)19-20-22(14)8-11-4-6-12(17)7-5-11/h4-7,9-10H,3,8H2,1-2H3/t10-/m0/s1. The zero-order valence-electron chi connectivity index (χ0n) is 13.7. The van der Waals surface area contributed by atoms with E-state index in [0.29, 0.717) is 17.2 Å². The number of nitrogens with zero attached hydrogens (tertiary/aromatic N) is 5. The number of hydrogen-bond donors (Lipinski definition) is 0. The Labute approximate surface area is 148 Å². The first-order valence-corrected chi connectivity index (χ1v) is 8.10. The smallest absolute Gasteiger partial charge is 0.328 e. The van der Waals surface area contributed by atoms with Gasteiger partial charge in [0.05, 0.1) is 13.2 Å². The minimum absolute atomic E-state index is 0.104. The van der Waals surface area contributed by atoms with Gasteiger partial charge >= 0.3 is 5.97 Å². The van der Waals surface area contributed by atoms with Crippen LogP contribution in [0.15, 0.2) is 35.4 Å². The first kappa shape index (κ1) is 17.1. The van der Waals surface area contributed by atoms with E-state index in [1.54, 1.807) is 26.0 Å². The largest absolute Gasteiger partial charge is 0.464 e. The van der Waals surface area contributed by atoms with Crippen molar-refractivity contribution in [2.45, 2.75) is 26.4 Å². The van der Waals surface area contributed by atoms with E-state index in [0.717, 1.165) is 5.56 Å². The third-order valence-corrected chi connectivity index (χ3v) is 3.99. The molecule has 0 saturated heterocycles. The van der Waals surface area contributed by atoms with Crippen LogP contribution in [-0.4, -0.2) is 37.1 Å². The van der Waals surface area contributed by atoms with Gasteiger partial charge in [0.2, 0.25) is 0 Å². The Bertz CT molecular complexity index is 964. The van der Waals surface area contributed by atoms with Crippen LogP contribution in [-0.2, 0) is 16.1 Å². The van der Waals surface area contributed by atoms with Gasteiger partial charge in [0, 0.05) is 5.02 Å². The molecular formula is C16H16ClN5O3. The molecule has 0 unspecified atom stereocenters. The summed E-state index contributed by atoms with van der Waals surface area (Å²) in [5, 5.41) is 8.56. The van der Waals surface area contributed by atoms with Crippen molar-refractivity contribution in [3.8, 4) is 0 Å². The molecule has 2 aromatic heterocycles. The van der Waals surface area contributed by atoms with Gasteiger partial charge in [-0.3, -0.25) is 9.36 Å². The molecule has 0 saturated carbocycles. The summed E-state index contributed by atoms with van der Waals surface area (Å²) >= 11 is 5.88. The highest BCUT2D eigenvalue weighted by Crippen LogP contribution is 2.13. The summed E-state index contributed by atoms with van der Waals surface area (Å²) in [5.74, 6) is -0.501. The predicted molar refractivity (Wildman–Crippen MR) is 91.5 cm³/mol. The molecule has 1 aromatic carbocycles. The van der Waals surface area contributed by atoms with Crippen LogP contribution in [0, 0.1) is 0 Å². The number of benzene rings is 1. The van der Waals surface area contributed by atoms with Gasteiger partial charge in [-0.15, -0.1) is 5.10 Å². The molecule has 0 N–H and O–H groups in total. The van der Waals surface area contributed by atoms with Gasteiger partial charge in [-0.25, -0.2) is 14.5 Å². The fraction of sp³-hybridized carbons (Fsp3) is 0.312. The molecule has 0 spiro atoms. The predicted octanol–water partition coefficient (Wildman–Crippen LogP) is 1.81. The number of aromatic nitrogens is 5. The minimum Gasteiger partial charge on any atom is -0.464 e. The summed E-state index contributed by atoms with van der Waals surface area (Å²) in [5.41, 5.74) is 0.967. The average Bonchev–Trinajstić information content (AvgIpc) is 3.01. The van der Waals surface area contributed by atoms with Crippen LogP contribution < -0.4 is 5.56 Å². The Kier molecular flexibility index (Phi) is 4.80. The Morgan fingerprint density at radius 1 is 1.32 bits per heavy atom. The SMILES string of the molecule is CCOC(=O)[C@H](C)n1cnc2c(nnn2Cc2ccc(Cl)cc2)c1=O. The molecule has 3 aromatic rings. The lowest BCUT2D eigenvalue weighted by Crippen LogP contribution is -2.29. The molecule has 25 heavy (non-hydrogen) atoms. The number of esters is 1. The van der Waals surface area contributed by atoms with Crippen molar-refractivity contribution in [1.82, 2.24) is 24.5 Å². The van der Waals surface area contributed by atoms with Crippen LogP contribution >= 0.6 is 11.6 Å². The fourth-order valence-corrected chi connectivity index (χ4v) is 2.51. The van der Waals surface area contributed by atoms with Crippen molar-refractivity contribution in [3.05, 3.63) is 51.5 Å². The molecule has 130 valence electrons. The van der Waals surface area contributed by atoms with Gasteiger partial charge in [0.25, 0.3) is 5.56 Å². The maximum absolute atomic E-state index is 12.6. The number of halogens is 1. The third kappa shape index (κ3) is 3.39. The molecular weight excluding hydrogens is 346 g/mol. The van der Waals surface area contributed by atoms with E-state index in [-0.39, 0.29) is 12.1 Å². The molecule has 0 bridgehead atoms. The topological polar surface area (TPSA) is 91.9 Å². The molecule has 3 rings (SSSR count). The second-order valence-corrected chi connectivity index (χ2v) is 5.87. The van der Waals surface area contributed by atoms with Gasteiger partial charge in [-0.1, -0.05) is 28.9 Å². The summed E-state index contributed by atoms with van der Waals surface area (Å²) in [4.78, 5) is 28.7. The number of carbonyl (C=O) groups excluding carboxylic acids is 1. The second-order valence-electron chi connectivity index (χ2n) is 5.43. The van der Waals surface area contributed by atoms with Crippen molar-refractivity contribution < 1.29 is 9.53 Å². The van der Waals surface area contributed by atoms with Crippen molar-refractivity contribution in [2.24, 2.45) is 0 Å². The maximum Gasteiger partial charge on any atom is 0.328 e. The fourth-order valence-electron chi connectivity index (χ4n) is 2.39. The number of carbonyl (C=O) groups is 1. The van der Waals surface area contributed by atoms with E-state index in [2.05, 4.69) is 15.3 Å². The summed E-state index contributed by atoms with van der Waals surface area (Å²) in [6, 6.07) is 6.49. The van der Waals surface area contributed by atoms with E-state index >= 15 is 0 Å². The van der Waals surface area contributed by atoms with Crippen molar-refractivity contribution in [2.75, 3.05) is 6.61 Å². The molecule has 8 nitrogen and oxygen atoms in total. The van der Waals surface area contributed by atoms with Gasteiger partial charge in [0.15, 0.2) is 11.2 Å². The molecule has 0 aliphatic heterocycles. The number of fused-ring (bicyclic) bond motifs is 1. The number of hydrogen-bond acceptors (Lipinski definition) is 6. The summed E-state index contributed by atoms with van der Waals surface area (Å²) in [6.45, 7) is 3.92. The van der Waals surface area contributed by atoms with Gasteiger partial charge in [-0.2, -0.15) is 0 Å². The van der Waals surface area contributed by atoms with Gasteiger partial charge < -0.3 is 4.74 Å². The molecule has 9 heteroatoms. The molecule has 0 fully saturated rings. The molecule has 0 amide bonds. The summed E-state index contributed by atoms with van der Waals surface area (Å²) < 4.78 is 7.66. The van der Waals surface area contributed by atoms with E-state index in [4.69, 9.17) is 16.3 Å². The van der Waals surface area contributed by atoms with Crippen molar-refractivity contribution in [1.29, 1.82) is 0 Å². The van der Waals surface area contributed by atoms with E-state index in [1.165, 1.54) is 15.6 Å². The molecule has 0 radical (unpaired) electrons. The van der Waals surface area contributed by atoms with E-state index in [9.17, 15) is 9.59 Å². The van der Waals surface area contributed by atoms with Crippen LogP contribution in [0.3, 0.4) is 0 Å². The highest BCUT2D eigenvalue weighted by atomic mass is 35.5. The van der Waals surface area contributed by atoms with Crippen LogP contribution in [0.1, 0.15) is 25.5 Å². The number of rotatable bonds is 5. The summed E-state index contributed by atoms with van der Waals surface area (Å²) in [7, 11) is 0. The van der Waals surface area contributed by atoms with Gasteiger partial charge in [-0.05, 0) is 31.5 Å². The van der Waals surface area contributed by atoms with Crippen LogP contribution in [0.25, 0.3) is 11.2 Å². The Balaban J connectivity index is 1.95. The quantitative estimate of drug-likeness (QED) is 0.643. The Morgan fingerprint density at radius 3 is 2.72 bits per heavy atom. The van der Waals surface area contributed by atoms with E-state index in [1.807, 2.05) is 12.1 Å². The molecule has 0 aliphatic rings. The normalized spacial score (nSPS) is 12.3.